The topological polar surface area (TPSA) is 83.1 Å². The lowest BCUT2D eigenvalue weighted by molar-refractivity contribution is -0.189. The molecule has 0 aliphatic heterocycles. The fourth-order valence-electron chi connectivity index (χ4n) is 0.784. The number of rotatable bonds is 8. The molecule has 8 nitrogen and oxygen atoms in total. The molecule has 0 atom stereocenters. The van der Waals surface area contributed by atoms with E-state index in [0.717, 1.165) is 0 Å². The van der Waals surface area contributed by atoms with Crippen molar-refractivity contribution in [1.82, 2.24) is 21.2 Å². The van der Waals surface area contributed by atoms with Crippen LogP contribution >= 0.6 is 0 Å². The van der Waals surface area contributed by atoms with Crippen LogP contribution in [0, 0.1) is 0 Å². The average molecular weight is 258 g/mol. The van der Waals surface area contributed by atoms with E-state index in [-0.39, 0.29) is 0 Å². The van der Waals surface area contributed by atoms with Gasteiger partial charge in [-0.15, -0.1) is 13.2 Å². The summed E-state index contributed by atoms with van der Waals surface area (Å²) in [7, 11) is 3.22. The second-order valence-electron chi connectivity index (χ2n) is 3.30. The normalized spacial score (nSPS) is 10.2. The summed E-state index contributed by atoms with van der Waals surface area (Å²) < 4.78 is 0. The van der Waals surface area contributed by atoms with Crippen LogP contribution in [0.15, 0.2) is 25.3 Å². The van der Waals surface area contributed by atoms with E-state index in [1.54, 1.807) is 26.2 Å². The van der Waals surface area contributed by atoms with Crippen LogP contribution in [0.5, 0.6) is 0 Å². The van der Waals surface area contributed by atoms with E-state index >= 15 is 0 Å². The fraction of sp³-hybridized carbons (Fsp3) is 0.400. The molecular weight excluding hydrogens is 240 g/mol. The van der Waals surface area contributed by atoms with Crippen molar-refractivity contribution in [2.75, 3.05) is 27.2 Å². The lowest BCUT2D eigenvalue weighted by atomic mass is 10.6. The lowest BCUT2D eigenvalue weighted by Crippen LogP contribution is -2.42. The second-order valence-corrected chi connectivity index (χ2v) is 3.30. The van der Waals surface area contributed by atoms with E-state index in [0.29, 0.717) is 13.1 Å². The smallest absolute Gasteiger partial charge is 0.346 e. The van der Waals surface area contributed by atoms with Crippen molar-refractivity contribution in [3.05, 3.63) is 25.3 Å². The molecule has 0 bridgehead atoms. The molecule has 0 aliphatic rings. The van der Waals surface area contributed by atoms with Crippen LogP contribution in [-0.2, 0) is 19.3 Å². The zero-order valence-corrected chi connectivity index (χ0v) is 10.5. The SMILES string of the molecule is C=CCN(C)NOC(=O)C(=O)ONN(C)CC=C. The molecule has 0 rings (SSSR count). The number of carbonyl (C=O) groups is 2. The van der Waals surface area contributed by atoms with Gasteiger partial charge in [0.1, 0.15) is 0 Å². The molecule has 18 heavy (non-hydrogen) atoms. The number of carbonyl (C=O) groups excluding carboxylic acids is 2. The van der Waals surface area contributed by atoms with Gasteiger partial charge in [-0.1, -0.05) is 23.3 Å². The van der Waals surface area contributed by atoms with Crippen LogP contribution in [0.3, 0.4) is 0 Å². The minimum atomic E-state index is -1.18. The lowest BCUT2D eigenvalue weighted by Gasteiger charge is -2.16. The molecule has 0 unspecified atom stereocenters. The van der Waals surface area contributed by atoms with Gasteiger partial charge in [-0.3, -0.25) is 0 Å². The number of hydrazine groups is 2. The Hall–Kier alpha value is -1.74. The molecule has 0 aromatic carbocycles. The Balaban J connectivity index is 3.85. The summed E-state index contributed by atoms with van der Waals surface area (Å²) >= 11 is 0. The first-order valence-corrected chi connectivity index (χ1v) is 5.08. The summed E-state index contributed by atoms with van der Waals surface area (Å²) in [6.07, 6.45) is 3.18. The summed E-state index contributed by atoms with van der Waals surface area (Å²) in [5.41, 5.74) is 4.46. The van der Waals surface area contributed by atoms with Gasteiger partial charge in [0.2, 0.25) is 0 Å². The van der Waals surface area contributed by atoms with Gasteiger partial charge in [0.25, 0.3) is 0 Å². The Morgan fingerprint density at radius 1 is 1.00 bits per heavy atom. The van der Waals surface area contributed by atoms with Crippen LogP contribution in [0.2, 0.25) is 0 Å². The summed E-state index contributed by atoms with van der Waals surface area (Å²) in [4.78, 5) is 31.2. The standard InChI is InChI=1S/C10H18N4O4/c1-5-7-13(3)11-17-9(15)10(16)18-12-14(4)8-6-2/h5-6,11-12H,1-2,7-8H2,3-4H3. The number of likely N-dealkylation sites (N-methyl/N-ethyl adjacent to an activating group) is 2. The van der Waals surface area contributed by atoms with Gasteiger partial charge in [0.15, 0.2) is 0 Å². The molecular formula is C10H18N4O4. The predicted molar refractivity (Wildman–Crippen MR) is 64.1 cm³/mol. The van der Waals surface area contributed by atoms with Crippen molar-refractivity contribution in [2.45, 2.75) is 0 Å². The third-order valence-corrected chi connectivity index (χ3v) is 1.56. The fourth-order valence-corrected chi connectivity index (χ4v) is 0.784. The van der Waals surface area contributed by atoms with Crippen LogP contribution in [0.25, 0.3) is 0 Å². The zero-order chi connectivity index (χ0) is 14.0. The van der Waals surface area contributed by atoms with Gasteiger partial charge in [0.05, 0.1) is 0 Å². The van der Waals surface area contributed by atoms with Crippen molar-refractivity contribution < 1.29 is 19.3 Å². The molecule has 0 aliphatic carbocycles. The Morgan fingerprint density at radius 2 is 1.33 bits per heavy atom. The maximum atomic E-state index is 11.1. The number of nitrogens with one attached hydrogen (secondary N) is 2. The first-order chi connectivity index (χ1) is 8.51. The molecule has 0 fully saturated rings. The molecule has 0 radical (unpaired) electrons. The van der Waals surface area contributed by atoms with Crippen LogP contribution < -0.4 is 11.2 Å². The minimum absolute atomic E-state index is 0.433. The molecule has 0 aromatic heterocycles. The van der Waals surface area contributed by atoms with Crippen molar-refractivity contribution in [3.63, 3.8) is 0 Å². The highest BCUT2D eigenvalue weighted by molar-refractivity contribution is 6.29. The molecule has 0 saturated carbocycles. The van der Waals surface area contributed by atoms with Gasteiger partial charge in [-0.25, -0.2) is 19.6 Å². The molecule has 2 N–H and O–H groups in total. The maximum Gasteiger partial charge on any atom is 0.439 e. The molecule has 102 valence electrons. The highest BCUT2D eigenvalue weighted by Gasteiger charge is 2.19. The van der Waals surface area contributed by atoms with Gasteiger partial charge >= 0.3 is 11.9 Å². The number of hydrogen-bond acceptors (Lipinski definition) is 8. The van der Waals surface area contributed by atoms with Crippen molar-refractivity contribution >= 4 is 11.9 Å². The van der Waals surface area contributed by atoms with E-state index in [9.17, 15) is 9.59 Å². The molecule has 0 saturated heterocycles. The summed E-state index contributed by atoms with van der Waals surface area (Å²) in [6, 6.07) is 0. The monoisotopic (exact) mass is 258 g/mol. The van der Waals surface area contributed by atoms with E-state index in [1.807, 2.05) is 0 Å². The van der Waals surface area contributed by atoms with E-state index in [2.05, 4.69) is 34.0 Å². The largest absolute Gasteiger partial charge is 0.439 e. The average Bonchev–Trinajstić information content (AvgIpc) is 2.33. The highest BCUT2D eigenvalue weighted by atomic mass is 16.8. The summed E-state index contributed by atoms with van der Waals surface area (Å²) in [5.74, 6) is -2.35. The molecule has 0 aromatic rings. The van der Waals surface area contributed by atoms with Crippen molar-refractivity contribution in [1.29, 1.82) is 0 Å². The summed E-state index contributed by atoms with van der Waals surface area (Å²) in [5, 5.41) is 2.82. The van der Waals surface area contributed by atoms with Crippen LogP contribution in [0.4, 0.5) is 0 Å². The van der Waals surface area contributed by atoms with Crippen LogP contribution in [0.1, 0.15) is 0 Å². The van der Waals surface area contributed by atoms with Crippen molar-refractivity contribution in [2.24, 2.45) is 0 Å². The first-order valence-electron chi connectivity index (χ1n) is 5.08. The van der Waals surface area contributed by atoms with E-state index < -0.39 is 11.9 Å². The Bertz CT molecular complexity index is 278. The quantitative estimate of drug-likeness (QED) is 0.331. The van der Waals surface area contributed by atoms with Gasteiger partial charge in [-0.2, -0.15) is 0 Å². The molecule has 0 spiro atoms. The van der Waals surface area contributed by atoms with Crippen molar-refractivity contribution in [3.8, 4) is 0 Å². The Morgan fingerprint density at radius 3 is 1.61 bits per heavy atom. The maximum absolute atomic E-state index is 11.1. The third kappa shape index (κ3) is 7.52. The predicted octanol–water partition coefficient (Wildman–Crippen LogP) is -0.852. The number of hydrogen-bond donors (Lipinski definition) is 2. The zero-order valence-electron chi connectivity index (χ0n) is 10.5. The molecule has 8 heteroatoms. The minimum Gasteiger partial charge on any atom is -0.346 e. The molecule has 0 amide bonds. The van der Waals surface area contributed by atoms with Crippen LogP contribution in [-0.4, -0.2) is 49.1 Å². The molecule has 0 heterocycles. The Labute approximate surface area is 106 Å². The van der Waals surface area contributed by atoms with Gasteiger partial charge in [-0.05, 0) is 0 Å². The van der Waals surface area contributed by atoms with Gasteiger partial charge in [0, 0.05) is 27.2 Å². The van der Waals surface area contributed by atoms with E-state index in [4.69, 9.17) is 0 Å². The summed E-state index contributed by atoms with van der Waals surface area (Å²) in [6.45, 7) is 7.85. The van der Waals surface area contributed by atoms with E-state index in [1.165, 1.54) is 10.0 Å². The second kappa shape index (κ2) is 9.31. The highest BCUT2D eigenvalue weighted by Crippen LogP contribution is 1.84. The Kier molecular flexibility index (Phi) is 8.41. The van der Waals surface area contributed by atoms with Gasteiger partial charge < -0.3 is 9.68 Å². The first kappa shape index (κ1) is 16.3. The third-order valence-electron chi connectivity index (χ3n) is 1.56. The number of nitrogens with zero attached hydrogens (tertiary/aromatic N) is 2.